The van der Waals surface area contributed by atoms with E-state index in [-0.39, 0.29) is 24.7 Å². The van der Waals surface area contributed by atoms with Crippen molar-refractivity contribution < 1.29 is 23.9 Å². The number of urea groups is 1. The minimum absolute atomic E-state index is 0.0874. The molecule has 1 aliphatic heterocycles. The Morgan fingerprint density at radius 3 is 2.73 bits per heavy atom. The molecule has 0 radical (unpaired) electrons. The van der Waals surface area contributed by atoms with Gasteiger partial charge in [0, 0.05) is 19.6 Å². The number of rotatable bonds is 6. The lowest BCUT2D eigenvalue weighted by Crippen LogP contribution is -2.49. The molecule has 26 heavy (non-hydrogen) atoms. The van der Waals surface area contributed by atoms with Gasteiger partial charge in [-0.05, 0) is 31.4 Å². The van der Waals surface area contributed by atoms with Crippen LogP contribution in [0, 0.1) is 11.7 Å². The molecule has 142 valence electrons. The van der Waals surface area contributed by atoms with Crippen LogP contribution < -0.4 is 5.32 Å². The van der Waals surface area contributed by atoms with E-state index in [0.29, 0.717) is 32.4 Å². The molecule has 1 aromatic carbocycles. The second-order valence-corrected chi connectivity index (χ2v) is 6.35. The van der Waals surface area contributed by atoms with Gasteiger partial charge in [-0.3, -0.25) is 9.59 Å². The van der Waals surface area contributed by atoms with Crippen LogP contribution in [-0.2, 0) is 9.59 Å². The maximum absolute atomic E-state index is 13.7. The van der Waals surface area contributed by atoms with E-state index in [0.717, 1.165) is 0 Å². The number of carbonyl (C=O) groups is 3. The maximum atomic E-state index is 13.7. The zero-order chi connectivity index (χ0) is 19.1. The normalized spacial score (nSPS) is 16.8. The van der Waals surface area contributed by atoms with Crippen LogP contribution in [0.5, 0.6) is 0 Å². The zero-order valence-corrected chi connectivity index (χ0v) is 14.8. The standard InChI is InChI=1S/C18H24FN3O4/c1-2-9-21(12-16(23)24)17(25)13-6-5-10-22(11-13)18(26)20-15-8-4-3-7-14(15)19/h3-4,7-8,13H,2,5-6,9-12H2,1H3,(H,20,26)(H,23,24). The van der Waals surface area contributed by atoms with Crippen molar-refractivity contribution in [1.29, 1.82) is 0 Å². The molecule has 1 atom stereocenters. The van der Waals surface area contributed by atoms with Crippen LogP contribution in [-0.4, -0.2) is 59.0 Å². The Kier molecular flexibility index (Phi) is 6.94. The van der Waals surface area contributed by atoms with E-state index in [1.807, 2.05) is 6.92 Å². The average Bonchev–Trinajstić information content (AvgIpc) is 2.62. The van der Waals surface area contributed by atoms with Crippen LogP contribution in [0.2, 0.25) is 0 Å². The van der Waals surface area contributed by atoms with Gasteiger partial charge in [-0.25, -0.2) is 9.18 Å². The number of benzene rings is 1. The first-order valence-electron chi connectivity index (χ1n) is 8.73. The molecule has 1 unspecified atom stereocenters. The average molecular weight is 365 g/mol. The molecular weight excluding hydrogens is 341 g/mol. The van der Waals surface area contributed by atoms with E-state index in [9.17, 15) is 18.8 Å². The van der Waals surface area contributed by atoms with E-state index in [1.54, 1.807) is 6.07 Å². The van der Waals surface area contributed by atoms with Gasteiger partial charge >= 0.3 is 12.0 Å². The highest BCUT2D eigenvalue weighted by molar-refractivity contribution is 5.90. The Hall–Kier alpha value is -2.64. The summed E-state index contributed by atoms with van der Waals surface area (Å²) in [4.78, 5) is 38.8. The van der Waals surface area contributed by atoms with Crippen LogP contribution >= 0.6 is 0 Å². The fourth-order valence-corrected chi connectivity index (χ4v) is 3.08. The highest BCUT2D eigenvalue weighted by Crippen LogP contribution is 2.21. The molecule has 0 aromatic heterocycles. The van der Waals surface area contributed by atoms with E-state index >= 15 is 0 Å². The Morgan fingerprint density at radius 1 is 1.35 bits per heavy atom. The summed E-state index contributed by atoms with van der Waals surface area (Å²) in [7, 11) is 0. The predicted octanol–water partition coefficient (Wildman–Crippen LogP) is 2.39. The monoisotopic (exact) mass is 365 g/mol. The van der Waals surface area contributed by atoms with E-state index in [1.165, 1.54) is 28.0 Å². The molecule has 0 spiro atoms. The minimum Gasteiger partial charge on any atom is -0.480 e. The summed E-state index contributed by atoms with van der Waals surface area (Å²) in [5.74, 6) is -2.28. The summed E-state index contributed by atoms with van der Waals surface area (Å²) >= 11 is 0. The number of anilines is 1. The second-order valence-electron chi connectivity index (χ2n) is 6.35. The van der Waals surface area contributed by atoms with Gasteiger partial charge in [0.05, 0.1) is 11.6 Å². The Bertz CT molecular complexity index is 668. The summed E-state index contributed by atoms with van der Waals surface area (Å²) in [6, 6.07) is 5.41. The van der Waals surface area contributed by atoms with Crippen molar-refractivity contribution in [2.75, 3.05) is 31.5 Å². The first-order chi connectivity index (χ1) is 12.4. The minimum atomic E-state index is -1.06. The number of hydrogen-bond donors (Lipinski definition) is 2. The van der Waals surface area contributed by atoms with Gasteiger partial charge in [0.15, 0.2) is 0 Å². The van der Waals surface area contributed by atoms with Gasteiger partial charge in [0.25, 0.3) is 0 Å². The third kappa shape index (κ3) is 5.18. The second kappa shape index (κ2) is 9.17. The number of carboxylic acids is 1. The van der Waals surface area contributed by atoms with Crippen molar-refractivity contribution in [2.24, 2.45) is 5.92 Å². The Labute approximate surface area is 151 Å². The van der Waals surface area contributed by atoms with Crippen LogP contribution in [0.4, 0.5) is 14.9 Å². The summed E-state index contributed by atoms with van der Waals surface area (Å²) < 4.78 is 13.7. The number of halogens is 1. The number of para-hydroxylation sites is 1. The molecule has 1 heterocycles. The number of carboxylic acid groups (broad SMARTS) is 1. The molecule has 0 aliphatic carbocycles. The van der Waals surface area contributed by atoms with Crippen molar-refractivity contribution in [3.63, 3.8) is 0 Å². The van der Waals surface area contributed by atoms with Crippen LogP contribution in [0.3, 0.4) is 0 Å². The highest BCUT2D eigenvalue weighted by Gasteiger charge is 2.31. The SMILES string of the molecule is CCCN(CC(=O)O)C(=O)C1CCCN(C(=O)Nc2ccccc2F)C1. The lowest BCUT2D eigenvalue weighted by atomic mass is 9.96. The van der Waals surface area contributed by atoms with Crippen molar-refractivity contribution in [3.8, 4) is 0 Å². The fourth-order valence-electron chi connectivity index (χ4n) is 3.08. The van der Waals surface area contributed by atoms with Crippen molar-refractivity contribution in [2.45, 2.75) is 26.2 Å². The number of likely N-dealkylation sites (tertiary alicyclic amines) is 1. The predicted molar refractivity (Wildman–Crippen MR) is 94.2 cm³/mol. The molecule has 0 saturated carbocycles. The van der Waals surface area contributed by atoms with E-state index in [2.05, 4.69) is 5.32 Å². The molecule has 1 aromatic rings. The molecule has 1 saturated heterocycles. The van der Waals surface area contributed by atoms with E-state index in [4.69, 9.17) is 5.11 Å². The molecule has 1 fully saturated rings. The van der Waals surface area contributed by atoms with Crippen LogP contribution in [0.25, 0.3) is 0 Å². The Morgan fingerprint density at radius 2 is 2.08 bits per heavy atom. The van der Waals surface area contributed by atoms with E-state index < -0.39 is 23.7 Å². The molecule has 8 heteroatoms. The van der Waals surface area contributed by atoms with Gasteiger partial charge in [-0.1, -0.05) is 19.1 Å². The highest BCUT2D eigenvalue weighted by atomic mass is 19.1. The van der Waals surface area contributed by atoms with Crippen LogP contribution in [0.15, 0.2) is 24.3 Å². The van der Waals surface area contributed by atoms with Crippen molar-refractivity contribution in [3.05, 3.63) is 30.1 Å². The number of hydrogen-bond acceptors (Lipinski definition) is 3. The fraction of sp³-hybridized carbons (Fsp3) is 0.500. The summed E-state index contributed by atoms with van der Waals surface area (Å²) in [5.41, 5.74) is 0.0874. The number of carbonyl (C=O) groups excluding carboxylic acids is 2. The van der Waals surface area contributed by atoms with Gasteiger partial charge in [-0.15, -0.1) is 0 Å². The largest absolute Gasteiger partial charge is 0.480 e. The maximum Gasteiger partial charge on any atom is 0.323 e. The number of piperidine rings is 1. The molecule has 1 aliphatic rings. The quantitative estimate of drug-likeness (QED) is 0.810. The van der Waals surface area contributed by atoms with Gasteiger partial charge in [0.2, 0.25) is 5.91 Å². The lowest BCUT2D eigenvalue weighted by Gasteiger charge is -2.34. The topological polar surface area (TPSA) is 90.0 Å². The molecule has 2 rings (SSSR count). The van der Waals surface area contributed by atoms with Crippen molar-refractivity contribution >= 4 is 23.6 Å². The Balaban J connectivity index is 2.01. The third-order valence-electron chi connectivity index (χ3n) is 4.30. The number of aliphatic carboxylic acids is 1. The summed E-state index contributed by atoms with van der Waals surface area (Å²) in [6.07, 6.45) is 1.89. The zero-order valence-electron chi connectivity index (χ0n) is 14.8. The smallest absolute Gasteiger partial charge is 0.323 e. The van der Waals surface area contributed by atoms with Crippen molar-refractivity contribution in [1.82, 2.24) is 9.80 Å². The number of nitrogens with one attached hydrogen (secondary N) is 1. The molecule has 0 bridgehead atoms. The summed E-state index contributed by atoms with van der Waals surface area (Å²) in [5, 5.41) is 11.5. The molecule has 7 nitrogen and oxygen atoms in total. The first kappa shape index (κ1) is 19.7. The van der Waals surface area contributed by atoms with Crippen LogP contribution in [0.1, 0.15) is 26.2 Å². The summed E-state index contributed by atoms with van der Waals surface area (Å²) in [6.45, 7) is 2.56. The number of nitrogens with zero attached hydrogens (tertiary/aromatic N) is 2. The van der Waals surface area contributed by atoms with Gasteiger partial charge in [-0.2, -0.15) is 0 Å². The van der Waals surface area contributed by atoms with Gasteiger partial charge < -0.3 is 20.2 Å². The molecular formula is C18H24FN3O4. The molecule has 2 N–H and O–H groups in total. The molecule has 3 amide bonds. The lowest BCUT2D eigenvalue weighted by molar-refractivity contribution is -0.147. The van der Waals surface area contributed by atoms with Gasteiger partial charge in [0.1, 0.15) is 12.4 Å². The first-order valence-corrected chi connectivity index (χ1v) is 8.73. The third-order valence-corrected chi connectivity index (χ3v) is 4.30. The number of amides is 3.